The van der Waals surface area contributed by atoms with Crippen LogP contribution in [0.25, 0.3) is 11.3 Å². The molecule has 1 aromatic carbocycles. The number of hydrogen-bond donors (Lipinski definition) is 1. The van der Waals surface area contributed by atoms with E-state index in [-0.39, 0.29) is 0 Å². The van der Waals surface area contributed by atoms with E-state index in [0.717, 1.165) is 23.5 Å². The van der Waals surface area contributed by atoms with Gasteiger partial charge in [0.25, 0.3) is 0 Å². The molecule has 2 rings (SSSR count). The van der Waals surface area contributed by atoms with Gasteiger partial charge in [-0.15, -0.1) is 5.10 Å². The molecule has 0 amide bonds. The SMILES string of the molecule is CCn1nnc(-c2ccccc2Cl)c1CN. The second kappa shape index (κ2) is 4.63. The van der Waals surface area contributed by atoms with Gasteiger partial charge in [-0.3, -0.25) is 0 Å². The van der Waals surface area contributed by atoms with Crippen molar-refractivity contribution in [3.8, 4) is 11.3 Å². The van der Waals surface area contributed by atoms with Crippen LogP contribution in [0.5, 0.6) is 0 Å². The molecule has 0 atom stereocenters. The Morgan fingerprint density at radius 3 is 2.75 bits per heavy atom. The van der Waals surface area contributed by atoms with Gasteiger partial charge >= 0.3 is 0 Å². The molecule has 0 spiro atoms. The van der Waals surface area contributed by atoms with Crippen LogP contribution in [0, 0.1) is 0 Å². The van der Waals surface area contributed by atoms with Crippen LogP contribution in [-0.4, -0.2) is 15.0 Å². The molecule has 0 radical (unpaired) electrons. The second-order valence-corrected chi connectivity index (χ2v) is 3.79. The van der Waals surface area contributed by atoms with Crippen molar-refractivity contribution in [2.24, 2.45) is 5.73 Å². The van der Waals surface area contributed by atoms with Gasteiger partial charge < -0.3 is 5.73 Å². The van der Waals surface area contributed by atoms with E-state index in [1.54, 1.807) is 4.68 Å². The van der Waals surface area contributed by atoms with Crippen LogP contribution in [0.4, 0.5) is 0 Å². The summed E-state index contributed by atoms with van der Waals surface area (Å²) in [6.45, 7) is 3.16. The second-order valence-electron chi connectivity index (χ2n) is 3.38. The fourth-order valence-electron chi connectivity index (χ4n) is 1.65. The fraction of sp³-hybridized carbons (Fsp3) is 0.273. The number of nitrogens with zero attached hydrogens (tertiary/aromatic N) is 3. The molecule has 0 fully saturated rings. The van der Waals surface area contributed by atoms with Crippen LogP contribution in [-0.2, 0) is 13.1 Å². The molecule has 16 heavy (non-hydrogen) atoms. The lowest BCUT2D eigenvalue weighted by Gasteiger charge is -2.04. The van der Waals surface area contributed by atoms with E-state index >= 15 is 0 Å². The minimum Gasteiger partial charge on any atom is -0.325 e. The Kier molecular flexibility index (Phi) is 3.22. The first kappa shape index (κ1) is 11.1. The van der Waals surface area contributed by atoms with E-state index < -0.39 is 0 Å². The van der Waals surface area contributed by atoms with Crippen LogP contribution in [0.3, 0.4) is 0 Å². The van der Waals surface area contributed by atoms with E-state index in [9.17, 15) is 0 Å². The molecule has 0 aliphatic carbocycles. The first-order valence-electron chi connectivity index (χ1n) is 5.15. The number of hydrogen-bond acceptors (Lipinski definition) is 3. The third kappa shape index (κ3) is 1.81. The Morgan fingerprint density at radius 2 is 2.12 bits per heavy atom. The van der Waals surface area contributed by atoms with Crippen molar-refractivity contribution in [2.75, 3.05) is 0 Å². The van der Waals surface area contributed by atoms with Crippen LogP contribution in [0.1, 0.15) is 12.6 Å². The van der Waals surface area contributed by atoms with Crippen LogP contribution < -0.4 is 5.73 Å². The third-order valence-corrected chi connectivity index (χ3v) is 2.79. The average molecular weight is 237 g/mol. The van der Waals surface area contributed by atoms with Gasteiger partial charge in [0.2, 0.25) is 0 Å². The van der Waals surface area contributed by atoms with Crippen molar-refractivity contribution in [3.63, 3.8) is 0 Å². The Morgan fingerprint density at radius 1 is 1.38 bits per heavy atom. The van der Waals surface area contributed by atoms with Crippen molar-refractivity contribution < 1.29 is 0 Å². The van der Waals surface area contributed by atoms with Gasteiger partial charge in [-0.2, -0.15) is 0 Å². The zero-order valence-corrected chi connectivity index (χ0v) is 9.78. The number of rotatable bonds is 3. The Balaban J connectivity index is 2.56. The summed E-state index contributed by atoms with van der Waals surface area (Å²) in [5, 5.41) is 8.86. The molecule has 0 saturated carbocycles. The minimum absolute atomic E-state index is 0.404. The number of halogens is 1. The quantitative estimate of drug-likeness (QED) is 0.888. The highest BCUT2D eigenvalue weighted by Gasteiger charge is 2.14. The molecule has 84 valence electrons. The molecule has 5 heteroatoms. The molecule has 1 aromatic heterocycles. The molecular weight excluding hydrogens is 224 g/mol. The fourth-order valence-corrected chi connectivity index (χ4v) is 1.88. The van der Waals surface area contributed by atoms with E-state index in [1.165, 1.54) is 0 Å². The Hall–Kier alpha value is -1.39. The standard InChI is InChI=1S/C11H13ClN4/c1-2-16-10(7-13)11(14-15-16)8-5-3-4-6-9(8)12/h3-6H,2,7,13H2,1H3. The Labute approximate surface area is 99.0 Å². The maximum Gasteiger partial charge on any atom is 0.119 e. The summed E-state index contributed by atoms with van der Waals surface area (Å²) in [7, 11) is 0. The maximum atomic E-state index is 6.12. The highest BCUT2D eigenvalue weighted by molar-refractivity contribution is 6.33. The predicted octanol–water partition coefficient (Wildman–Crippen LogP) is 2.08. The average Bonchev–Trinajstić information content (AvgIpc) is 2.72. The van der Waals surface area contributed by atoms with Gasteiger partial charge in [0.05, 0.1) is 10.7 Å². The number of aromatic nitrogens is 3. The lowest BCUT2D eigenvalue weighted by atomic mass is 10.1. The summed E-state index contributed by atoms with van der Waals surface area (Å²) in [6.07, 6.45) is 0. The highest BCUT2D eigenvalue weighted by atomic mass is 35.5. The highest BCUT2D eigenvalue weighted by Crippen LogP contribution is 2.28. The molecular formula is C11H13ClN4. The largest absolute Gasteiger partial charge is 0.325 e. The molecule has 0 saturated heterocycles. The van der Waals surface area contributed by atoms with Crippen molar-refractivity contribution in [1.29, 1.82) is 0 Å². The number of aryl methyl sites for hydroxylation is 1. The summed E-state index contributed by atoms with van der Waals surface area (Å²) >= 11 is 6.12. The van der Waals surface area contributed by atoms with Crippen LogP contribution in [0.2, 0.25) is 5.02 Å². The lowest BCUT2D eigenvalue weighted by Crippen LogP contribution is -2.08. The molecule has 4 nitrogen and oxygen atoms in total. The summed E-state index contributed by atoms with van der Waals surface area (Å²) in [5.41, 5.74) is 8.28. The summed E-state index contributed by atoms with van der Waals surface area (Å²) < 4.78 is 1.79. The van der Waals surface area contributed by atoms with Gasteiger partial charge in [-0.05, 0) is 13.0 Å². The summed E-state index contributed by atoms with van der Waals surface area (Å²) in [6, 6.07) is 7.57. The molecule has 0 bridgehead atoms. The van der Waals surface area contributed by atoms with E-state index in [4.69, 9.17) is 17.3 Å². The summed E-state index contributed by atoms with van der Waals surface area (Å²) in [5.74, 6) is 0. The van der Waals surface area contributed by atoms with E-state index in [1.807, 2.05) is 31.2 Å². The zero-order valence-electron chi connectivity index (χ0n) is 9.02. The van der Waals surface area contributed by atoms with Gasteiger partial charge in [-0.1, -0.05) is 35.0 Å². The van der Waals surface area contributed by atoms with Crippen LogP contribution in [0.15, 0.2) is 24.3 Å². The van der Waals surface area contributed by atoms with E-state index in [0.29, 0.717) is 11.6 Å². The third-order valence-electron chi connectivity index (χ3n) is 2.46. The number of nitrogens with two attached hydrogens (primary N) is 1. The molecule has 0 aliphatic heterocycles. The molecule has 2 N–H and O–H groups in total. The Bertz CT molecular complexity index is 492. The summed E-state index contributed by atoms with van der Waals surface area (Å²) in [4.78, 5) is 0. The molecule has 0 unspecified atom stereocenters. The lowest BCUT2D eigenvalue weighted by molar-refractivity contribution is 0.598. The minimum atomic E-state index is 0.404. The van der Waals surface area contributed by atoms with Crippen molar-refractivity contribution in [1.82, 2.24) is 15.0 Å². The first-order chi connectivity index (χ1) is 7.77. The normalized spacial score (nSPS) is 10.7. The van der Waals surface area contributed by atoms with Crippen molar-refractivity contribution >= 4 is 11.6 Å². The molecule has 1 heterocycles. The van der Waals surface area contributed by atoms with Gasteiger partial charge in [-0.25, -0.2) is 4.68 Å². The monoisotopic (exact) mass is 236 g/mol. The zero-order chi connectivity index (χ0) is 11.5. The topological polar surface area (TPSA) is 56.7 Å². The maximum absolute atomic E-state index is 6.12. The smallest absolute Gasteiger partial charge is 0.119 e. The van der Waals surface area contributed by atoms with Gasteiger partial charge in [0, 0.05) is 18.7 Å². The molecule has 2 aromatic rings. The van der Waals surface area contributed by atoms with E-state index in [2.05, 4.69) is 10.3 Å². The molecule has 0 aliphatic rings. The first-order valence-corrected chi connectivity index (χ1v) is 5.53. The van der Waals surface area contributed by atoms with Gasteiger partial charge in [0.15, 0.2) is 0 Å². The van der Waals surface area contributed by atoms with Crippen molar-refractivity contribution in [3.05, 3.63) is 35.0 Å². The predicted molar refractivity (Wildman–Crippen MR) is 64.0 cm³/mol. The number of benzene rings is 1. The van der Waals surface area contributed by atoms with Crippen LogP contribution >= 0.6 is 11.6 Å². The van der Waals surface area contributed by atoms with Gasteiger partial charge in [0.1, 0.15) is 5.69 Å². The van der Waals surface area contributed by atoms with Crippen molar-refractivity contribution in [2.45, 2.75) is 20.0 Å².